The van der Waals surface area contributed by atoms with Gasteiger partial charge < -0.3 is 5.11 Å². The van der Waals surface area contributed by atoms with Gasteiger partial charge in [0.1, 0.15) is 0 Å². The van der Waals surface area contributed by atoms with Crippen LogP contribution in [0.4, 0.5) is 4.39 Å². The molecule has 0 amide bonds. The molecule has 0 aromatic heterocycles. The van der Waals surface area contributed by atoms with E-state index < -0.39 is 5.82 Å². The van der Waals surface area contributed by atoms with Gasteiger partial charge >= 0.3 is 0 Å². The maximum atomic E-state index is 13.3. The zero-order valence-corrected chi connectivity index (χ0v) is 12.1. The van der Waals surface area contributed by atoms with Crippen molar-refractivity contribution in [2.24, 2.45) is 0 Å². The molecule has 0 spiro atoms. The van der Waals surface area contributed by atoms with E-state index in [4.69, 9.17) is 0 Å². The van der Waals surface area contributed by atoms with E-state index in [9.17, 15) is 9.50 Å². The summed E-state index contributed by atoms with van der Waals surface area (Å²) in [5.74, 6) is -0.903. The van der Waals surface area contributed by atoms with Gasteiger partial charge in [0.2, 0.25) is 0 Å². The van der Waals surface area contributed by atoms with Gasteiger partial charge in [-0.1, -0.05) is 36.4 Å². The third kappa shape index (κ3) is 2.93. The topological polar surface area (TPSA) is 20.2 Å². The highest BCUT2D eigenvalue weighted by Gasteiger charge is 2.29. The SMILES string of the molecule is Oc1cc([S+](c2ccccc2)c2ccccc2)ccc1F. The van der Waals surface area contributed by atoms with E-state index in [1.54, 1.807) is 6.07 Å². The zero-order chi connectivity index (χ0) is 14.7. The van der Waals surface area contributed by atoms with Crippen LogP contribution >= 0.6 is 0 Å². The average Bonchev–Trinajstić information content (AvgIpc) is 2.53. The fourth-order valence-electron chi connectivity index (χ4n) is 2.14. The van der Waals surface area contributed by atoms with Gasteiger partial charge in [0, 0.05) is 6.07 Å². The lowest BCUT2D eigenvalue weighted by atomic mass is 10.3. The summed E-state index contributed by atoms with van der Waals surface area (Å²) in [4.78, 5) is 3.16. The summed E-state index contributed by atoms with van der Waals surface area (Å²) in [5.41, 5.74) is 0. The fourth-order valence-corrected chi connectivity index (χ4v) is 4.25. The van der Waals surface area contributed by atoms with Gasteiger partial charge in [0.25, 0.3) is 0 Å². The highest BCUT2D eigenvalue weighted by atomic mass is 32.2. The van der Waals surface area contributed by atoms with Gasteiger partial charge in [0.15, 0.2) is 26.3 Å². The Kier molecular flexibility index (Phi) is 3.93. The minimum Gasteiger partial charge on any atom is -0.505 e. The average molecular weight is 297 g/mol. The molecule has 0 aliphatic rings. The Hall–Kier alpha value is -2.26. The summed E-state index contributed by atoms with van der Waals surface area (Å²) >= 11 is 0. The van der Waals surface area contributed by atoms with Crippen molar-refractivity contribution >= 4 is 10.9 Å². The summed E-state index contributed by atoms with van der Waals surface area (Å²) in [5, 5.41) is 9.67. The third-order valence-corrected chi connectivity index (χ3v) is 5.32. The molecule has 0 bridgehead atoms. The first-order chi connectivity index (χ1) is 10.3. The Labute approximate surface area is 126 Å². The molecule has 1 nitrogen and oxygen atoms in total. The minimum absolute atomic E-state index is 0.308. The van der Waals surface area contributed by atoms with Gasteiger partial charge in [0.05, 0.1) is 10.9 Å². The molecule has 3 heteroatoms. The second-order valence-corrected chi connectivity index (χ2v) is 6.57. The lowest BCUT2D eigenvalue weighted by Crippen LogP contribution is -2.04. The molecular formula is C18H14FOS+. The van der Waals surface area contributed by atoms with Gasteiger partial charge in [-0.3, -0.25) is 0 Å². The molecular weight excluding hydrogens is 283 g/mol. The Morgan fingerprint density at radius 2 is 1.19 bits per heavy atom. The molecule has 0 fully saturated rings. The first-order valence-electron chi connectivity index (χ1n) is 6.58. The Balaban J connectivity index is 2.14. The second kappa shape index (κ2) is 6.02. The van der Waals surface area contributed by atoms with Gasteiger partial charge in [-0.05, 0) is 36.4 Å². The van der Waals surface area contributed by atoms with Crippen LogP contribution in [0.15, 0.2) is 93.5 Å². The summed E-state index contributed by atoms with van der Waals surface area (Å²) in [6, 6.07) is 24.7. The molecule has 3 aromatic rings. The number of hydrogen-bond donors (Lipinski definition) is 1. The molecule has 0 saturated carbocycles. The first-order valence-corrected chi connectivity index (χ1v) is 7.81. The van der Waals surface area contributed by atoms with Gasteiger partial charge in [-0.25, -0.2) is 4.39 Å². The second-order valence-electron chi connectivity index (χ2n) is 4.55. The monoisotopic (exact) mass is 297 g/mol. The molecule has 1 N–H and O–H groups in total. The number of halogens is 1. The number of aromatic hydroxyl groups is 1. The van der Waals surface area contributed by atoms with Crippen LogP contribution in [0.2, 0.25) is 0 Å². The molecule has 0 aliphatic carbocycles. The van der Waals surface area contributed by atoms with E-state index >= 15 is 0 Å². The van der Waals surface area contributed by atoms with Crippen LogP contribution in [0.25, 0.3) is 0 Å². The Morgan fingerprint density at radius 3 is 1.67 bits per heavy atom. The zero-order valence-electron chi connectivity index (χ0n) is 11.2. The predicted molar refractivity (Wildman–Crippen MR) is 83.1 cm³/mol. The van der Waals surface area contributed by atoms with Gasteiger partial charge in [-0.15, -0.1) is 0 Å². The lowest BCUT2D eigenvalue weighted by Gasteiger charge is -2.08. The maximum Gasteiger partial charge on any atom is 0.170 e. The third-order valence-electron chi connectivity index (χ3n) is 3.11. The van der Waals surface area contributed by atoms with Crippen molar-refractivity contribution < 1.29 is 9.50 Å². The molecule has 3 rings (SSSR count). The van der Waals surface area contributed by atoms with Crippen LogP contribution in [0.3, 0.4) is 0 Å². The van der Waals surface area contributed by atoms with Crippen molar-refractivity contribution in [3.05, 3.63) is 84.7 Å². The number of phenols is 1. The highest BCUT2D eigenvalue weighted by molar-refractivity contribution is 7.97. The van der Waals surface area contributed by atoms with Crippen LogP contribution in [0.5, 0.6) is 5.75 Å². The van der Waals surface area contributed by atoms with E-state index in [0.717, 1.165) is 14.7 Å². The van der Waals surface area contributed by atoms with Crippen molar-refractivity contribution in [2.45, 2.75) is 14.7 Å². The first kappa shape index (κ1) is 13.7. The standard InChI is InChI=1S/C18H13FOS/c19-17-12-11-16(13-18(17)20)21(14-7-3-1-4-8-14)15-9-5-2-6-10-15/h1-13H/p+1. The molecule has 0 unspecified atom stereocenters. The molecule has 0 saturated heterocycles. The lowest BCUT2D eigenvalue weighted by molar-refractivity contribution is 0.430. The number of hydrogen-bond acceptors (Lipinski definition) is 1. The number of rotatable bonds is 3. The van der Waals surface area contributed by atoms with E-state index in [1.165, 1.54) is 12.1 Å². The quantitative estimate of drug-likeness (QED) is 0.699. The summed E-state index contributed by atoms with van der Waals surface area (Å²) in [6.07, 6.45) is 0. The van der Waals surface area contributed by atoms with E-state index in [2.05, 4.69) is 24.3 Å². The molecule has 3 aromatic carbocycles. The normalized spacial score (nSPS) is 10.8. The molecule has 0 radical (unpaired) electrons. The van der Waals surface area contributed by atoms with E-state index in [0.29, 0.717) is 0 Å². The Bertz CT molecular complexity index is 689. The van der Waals surface area contributed by atoms with Gasteiger partial charge in [-0.2, -0.15) is 0 Å². The minimum atomic E-state index is -0.594. The Morgan fingerprint density at radius 1 is 0.667 bits per heavy atom. The highest BCUT2D eigenvalue weighted by Crippen LogP contribution is 2.33. The van der Waals surface area contributed by atoms with Crippen LogP contribution < -0.4 is 0 Å². The van der Waals surface area contributed by atoms with E-state index in [-0.39, 0.29) is 16.6 Å². The van der Waals surface area contributed by atoms with Crippen molar-refractivity contribution in [2.75, 3.05) is 0 Å². The van der Waals surface area contributed by atoms with E-state index in [1.807, 2.05) is 36.4 Å². The van der Waals surface area contributed by atoms with Crippen LogP contribution in [0.1, 0.15) is 0 Å². The largest absolute Gasteiger partial charge is 0.505 e. The predicted octanol–water partition coefficient (Wildman–Crippen LogP) is 4.63. The number of phenolic OH excluding ortho intramolecular Hbond substituents is 1. The van der Waals surface area contributed by atoms with Crippen LogP contribution in [-0.2, 0) is 10.9 Å². The summed E-state index contributed by atoms with van der Waals surface area (Å²) in [7, 11) is -0.360. The molecule has 104 valence electrons. The number of benzene rings is 3. The maximum absolute atomic E-state index is 13.3. The molecule has 0 aliphatic heterocycles. The van der Waals surface area contributed by atoms with Crippen molar-refractivity contribution in [1.29, 1.82) is 0 Å². The molecule has 0 heterocycles. The fraction of sp³-hybridized carbons (Fsp3) is 0. The summed E-state index contributed by atoms with van der Waals surface area (Å²) in [6.45, 7) is 0. The molecule has 21 heavy (non-hydrogen) atoms. The van der Waals surface area contributed by atoms with Crippen molar-refractivity contribution in [3.8, 4) is 5.75 Å². The van der Waals surface area contributed by atoms with Crippen molar-refractivity contribution in [1.82, 2.24) is 0 Å². The smallest absolute Gasteiger partial charge is 0.170 e. The summed E-state index contributed by atoms with van der Waals surface area (Å²) < 4.78 is 13.3. The van der Waals surface area contributed by atoms with Crippen LogP contribution in [-0.4, -0.2) is 5.11 Å². The molecule has 0 atom stereocenters. The van der Waals surface area contributed by atoms with Crippen molar-refractivity contribution in [3.63, 3.8) is 0 Å². The van der Waals surface area contributed by atoms with Crippen LogP contribution in [0, 0.1) is 5.82 Å².